The Morgan fingerprint density at radius 3 is 2.45 bits per heavy atom. The predicted molar refractivity (Wildman–Crippen MR) is 114 cm³/mol. The fourth-order valence-electron chi connectivity index (χ4n) is 4.03. The Hall–Kier alpha value is -2.79. The molecular formula is C24H27FN4. The molecule has 3 heterocycles. The normalized spacial score (nSPS) is 16.5. The number of rotatable bonds is 6. The molecule has 1 aliphatic rings. The van der Waals surface area contributed by atoms with E-state index in [1.807, 2.05) is 25.4 Å². The molecular weight excluding hydrogens is 363 g/mol. The molecule has 1 saturated heterocycles. The molecule has 0 atom stereocenters. The van der Waals surface area contributed by atoms with Gasteiger partial charge in [0, 0.05) is 48.0 Å². The molecule has 0 aliphatic carbocycles. The Labute approximate surface area is 171 Å². The summed E-state index contributed by atoms with van der Waals surface area (Å²) in [6.07, 6.45) is 5.90. The fourth-order valence-corrected chi connectivity index (χ4v) is 4.03. The molecule has 150 valence electrons. The summed E-state index contributed by atoms with van der Waals surface area (Å²) in [6.45, 7) is 5.75. The van der Waals surface area contributed by atoms with Gasteiger partial charge in [-0.1, -0.05) is 12.1 Å². The number of anilines is 1. The van der Waals surface area contributed by atoms with Crippen molar-refractivity contribution >= 4 is 5.69 Å². The quantitative estimate of drug-likeness (QED) is 0.669. The number of piperidine rings is 1. The van der Waals surface area contributed by atoms with Crippen LogP contribution in [0.3, 0.4) is 0 Å². The van der Waals surface area contributed by atoms with Gasteiger partial charge in [-0.2, -0.15) is 0 Å². The number of benzene rings is 1. The van der Waals surface area contributed by atoms with Gasteiger partial charge < -0.3 is 5.32 Å². The van der Waals surface area contributed by atoms with Crippen LogP contribution >= 0.6 is 0 Å². The Balaban J connectivity index is 1.46. The van der Waals surface area contributed by atoms with E-state index < -0.39 is 0 Å². The van der Waals surface area contributed by atoms with E-state index in [1.54, 1.807) is 12.1 Å². The minimum atomic E-state index is -0.214. The van der Waals surface area contributed by atoms with Crippen LogP contribution in [0.2, 0.25) is 0 Å². The first-order valence-electron chi connectivity index (χ1n) is 10.2. The molecule has 29 heavy (non-hydrogen) atoms. The van der Waals surface area contributed by atoms with Crippen molar-refractivity contribution in [2.45, 2.75) is 31.7 Å². The van der Waals surface area contributed by atoms with Gasteiger partial charge in [-0.05, 0) is 80.9 Å². The molecule has 0 saturated carbocycles. The van der Waals surface area contributed by atoms with Crippen molar-refractivity contribution < 1.29 is 4.39 Å². The lowest BCUT2D eigenvalue weighted by Crippen LogP contribution is -2.46. The Kier molecular flexibility index (Phi) is 5.86. The molecule has 1 fully saturated rings. The second kappa shape index (κ2) is 8.70. The molecule has 5 heteroatoms. The SMILES string of the molecule is Cc1ccc(CN2CCC(CNc3ccc(F)cc3)(c3ccccn3)CC2)cn1. The molecule has 0 bridgehead atoms. The van der Waals surface area contributed by atoms with Crippen LogP contribution in [0.25, 0.3) is 0 Å². The fraction of sp³-hybridized carbons (Fsp3) is 0.333. The van der Waals surface area contributed by atoms with Gasteiger partial charge in [0.05, 0.1) is 0 Å². The number of pyridine rings is 2. The van der Waals surface area contributed by atoms with Crippen molar-refractivity contribution in [1.82, 2.24) is 14.9 Å². The average Bonchev–Trinajstić information content (AvgIpc) is 2.77. The minimum Gasteiger partial charge on any atom is -0.384 e. The van der Waals surface area contributed by atoms with Crippen molar-refractivity contribution in [3.63, 3.8) is 0 Å². The van der Waals surface area contributed by atoms with Gasteiger partial charge >= 0.3 is 0 Å². The lowest BCUT2D eigenvalue weighted by Gasteiger charge is -2.42. The third kappa shape index (κ3) is 4.80. The number of aryl methyl sites for hydroxylation is 1. The zero-order valence-corrected chi connectivity index (χ0v) is 16.8. The Morgan fingerprint density at radius 2 is 1.79 bits per heavy atom. The van der Waals surface area contributed by atoms with Crippen LogP contribution in [-0.2, 0) is 12.0 Å². The highest BCUT2D eigenvalue weighted by Crippen LogP contribution is 2.35. The van der Waals surface area contributed by atoms with E-state index in [2.05, 4.69) is 39.5 Å². The number of aromatic nitrogens is 2. The lowest BCUT2D eigenvalue weighted by molar-refractivity contribution is 0.156. The molecule has 3 aromatic rings. The average molecular weight is 391 g/mol. The molecule has 0 unspecified atom stereocenters. The van der Waals surface area contributed by atoms with Gasteiger partial charge in [0.15, 0.2) is 0 Å². The van der Waals surface area contributed by atoms with Crippen molar-refractivity contribution in [1.29, 1.82) is 0 Å². The summed E-state index contributed by atoms with van der Waals surface area (Å²) in [7, 11) is 0. The summed E-state index contributed by atoms with van der Waals surface area (Å²) in [6, 6.07) is 17.0. The first-order valence-corrected chi connectivity index (χ1v) is 10.2. The molecule has 4 nitrogen and oxygen atoms in total. The second-order valence-corrected chi connectivity index (χ2v) is 7.94. The summed E-state index contributed by atoms with van der Waals surface area (Å²) >= 11 is 0. The number of halogens is 1. The topological polar surface area (TPSA) is 41.0 Å². The van der Waals surface area contributed by atoms with Gasteiger partial charge in [-0.25, -0.2) is 4.39 Å². The summed E-state index contributed by atoms with van der Waals surface area (Å²) < 4.78 is 13.2. The zero-order chi connectivity index (χ0) is 20.1. The minimum absolute atomic E-state index is 0.0301. The van der Waals surface area contributed by atoms with E-state index in [4.69, 9.17) is 4.98 Å². The molecule has 2 aromatic heterocycles. The maximum Gasteiger partial charge on any atom is 0.123 e. The Morgan fingerprint density at radius 1 is 1.00 bits per heavy atom. The first kappa shape index (κ1) is 19.5. The first-order chi connectivity index (χ1) is 14.1. The molecule has 1 aromatic carbocycles. The largest absolute Gasteiger partial charge is 0.384 e. The highest BCUT2D eigenvalue weighted by Gasteiger charge is 2.37. The smallest absolute Gasteiger partial charge is 0.123 e. The van der Waals surface area contributed by atoms with E-state index in [0.29, 0.717) is 0 Å². The van der Waals surface area contributed by atoms with Gasteiger partial charge in [-0.15, -0.1) is 0 Å². The van der Waals surface area contributed by atoms with E-state index in [1.165, 1.54) is 17.7 Å². The van der Waals surface area contributed by atoms with E-state index in [-0.39, 0.29) is 11.2 Å². The van der Waals surface area contributed by atoms with Gasteiger partial charge in [0.2, 0.25) is 0 Å². The van der Waals surface area contributed by atoms with Gasteiger partial charge in [-0.3, -0.25) is 14.9 Å². The third-order valence-electron chi connectivity index (χ3n) is 5.88. The molecule has 0 amide bonds. The van der Waals surface area contributed by atoms with Crippen molar-refractivity contribution in [3.05, 3.63) is 89.8 Å². The lowest BCUT2D eigenvalue weighted by atomic mass is 9.75. The summed E-state index contributed by atoms with van der Waals surface area (Å²) in [5.74, 6) is -0.214. The highest BCUT2D eigenvalue weighted by molar-refractivity contribution is 5.44. The van der Waals surface area contributed by atoms with Crippen LogP contribution in [-0.4, -0.2) is 34.5 Å². The monoisotopic (exact) mass is 390 g/mol. The van der Waals surface area contributed by atoms with Crippen LogP contribution in [0.15, 0.2) is 67.0 Å². The summed E-state index contributed by atoms with van der Waals surface area (Å²) in [5.41, 5.74) is 4.34. The van der Waals surface area contributed by atoms with Crippen LogP contribution in [0, 0.1) is 12.7 Å². The van der Waals surface area contributed by atoms with Crippen LogP contribution in [0.5, 0.6) is 0 Å². The molecule has 1 N–H and O–H groups in total. The Bertz CT molecular complexity index is 902. The second-order valence-electron chi connectivity index (χ2n) is 7.94. The number of likely N-dealkylation sites (tertiary alicyclic amines) is 1. The molecule has 0 radical (unpaired) electrons. The molecule has 4 rings (SSSR count). The number of nitrogens with one attached hydrogen (secondary N) is 1. The maximum absolute atomic E-state index is 13.2. The van der Waals surface area contributed by atoms with Gasteiger partial charge in [0.1, 0.15) is 5.82 Å². The van der Waals surface area contributed by atoms with E-state index in [9.17, 15) is 4.39 Å². The summed E-state index contributed by atoms with van der Waals surface area (Å²) in [5, 5.41) is 3.52. The number of hydrogen-bond acceptors (Lipinski definition) is 4. The molecule has 1 aliphatic heterocycles. The van der Waals surface area contributed by atoms with Crippen molar-refractivity contribution in [2.75, 3.05) is 25.0 Å². The van der Waals surface area contributed by atoms with Crippen LogP contribution < -0.4 is 5.32 Å². The van der Waals surface area contributed by atoms with Crippen molar-refractivity contribution in [2.24, 2.45) is 0 Å². The van der Waals surface area contributed by atoms with Crippen LogP contribution in [0.1, 0.15) is 29.8 Å². The molecule has 0 spiro atoms. The highest BCUT2D eigenvalue weighted by atomic mass is 19.1. The zero-order valence-electron chi connectivity index (χ0n) is 16.8. The van der Waals surface area contributed by atoms with E-state index in [0.717, 1.165) is 56.1 Å². The van der Waals surface area contributed by atoms with E-state index >= 15 is 0 Å². The standard InChI is InChI=1S/C24H27FN4/c1-19-5-6-20(16-27-19)17-29-14-11-24(12-15-29,23-4-2-3-13-26-23)18-28-22-9-7-21(25)8-10-22/h2-10,13,16,28H,11-12,14-15,17-18H2,1H3. The van der Waals surface area contributed by atoms with Crippen molar-refractivity contribution in [3.8, 4) is 0 Å². The maximum atomic E-state index is 13.2. The predicted octanol–water partition coefficient (Wildman–Crippen LogP) is 4.57. The summed E-state index contributed by atoms with van der Waals surface area (Å²) in [4.78, 5) is 11.6. The number of hydrogen-bond donors (Lipinski definition) is 1. The third-order valence-corrected chi connectivity index (χ3v) is 5.88. The van der Waals surface area contributed by atoms with Gasteiger partial charge in [0.25, 0.3) is 0 Å². The van der Waals surface area contributed by atoms with Crippen LogP contribution in [0.4, 0.5) is 10.1 Å². The number of nitrogens with zero attached hydrogens (tertiary/aromatic N) is 3.